The van der Waals surface area contributed by atoms with Gasteiger partial charge in [-0.2, -0.15) is 5.26 Å². The Labute approximate surface area is 137 Å². The maximum absolute atomic E-state index is 12.1. The van der Waals surface area contributed by atoms with Gasteiger partial charge >= 0.3 is 0 Å². The van der Waals surface area contributed by atoms with Crippen LogP contribution in [0.2, 0.25) is 0 Å². The molecule has 0 radical (unpaired) electrons. The minimum atomic E-state index is -3.40. The Morgan fingerprint density at radius 3 is 2.24 bits per heavy atom. The summed E-state index contributed by atoms with van der Waals surface area (Å²) in [6.45, 7) is 0.0862. The smallest absolute Gasteiger partial charge is 0.181 e. The number of ether oxygens (including phenoxy) is 1. The summed E-state index contributed by atoms with van der Waals surface area (Å²) >= 11 is 2.19. The van der Waals surface area contributed by atoms with Crippen molar-refractivity contribution in [1.82, 2.24) is 0 Å². The van der Waals surface area contributed by atoms with Gasteiger partial charge in [-0.15, -0.1) is 0 Å². The highest BCUT2D eigenvalue weighted by Crippen LogP contribution is 2.15. The first-order valence-corrected chi connectivity index (χ1v) is 8.86. The molecule has 21 heavy (non-hydrogen) atoms. The molecule has 0 aliphatic rings. The molecule has 4 nitrogen and oxygen atoms in total. The first-order valence-electron chi connectivity index (χ1n) is 6.12. The molecule has 0 spiro atoms. The van der Waals surface area contributed by atoms with Crippen LogP contribution in [-0.2, 0) is 9.84 Å². The summed E-state index contributed by atoms with van der Waals surface area (Å²) in [4.78, 5) is 0.202. The zero-order valence-electron chi connectivity index (χ0n) is 11.0. The third-order valence-electron chi connectivity index (χ3n) is 2.78. The predicted octanol–water partition coefficient (Wildman–Crippen LogP) is 3.02. The summed E-state index contributed by atoms with van der Waals surface area (Å²) in [7, 11) is -3.40. The SMILES string of the molecule is N#Cc1ccc(S(=O)(=O)CCOc2ccc(I)cc2)cc1. The molecule has 108 valence electrons. The molecule has 0 aliphatic carbocycles. The van der Waals surface area contributed by atoms with E-state index in [4.69, 9.17) is 10.00 Å². The molecule has 0 amide bonds. The number of nitriles is 1. The largest absolute Gasteiger partial charge is 0.493 e. The highest BCUT2D eigenvalue weighted by atomic mass is 127. The average molecular weight is 413 g/mol. The van der Waals surface area contributed by atoms with E-state index in [2.05, 4.69) is 22.6 Å². The second-order valence-corrected chi connectivity index (χ2v) is 7.61. The van der Waals surface area contributed by atoms with Crippen LogP contribution < -0.4 is 4.74 Å². The van der Waals surface area contributed by atoms with Crippen molar-refractivity contribution in [2.45, 2.75) is 4.90 Å². The number of hydrogen-bond donors (Lipinski definition) is 0. The van der Waals surface area contributed by atoms with Crippen LogP contribution in [0.3, 0.4) is 0 Å². The predicted molar refractivity (Wildman–Crippen MR) is 87.9 cm³/mol. The number of nitrogens with zero attached hydrogens (tertiary/aromatic N) is 1. The molecule has 0 aromatic heterocycles. The van der Waals surface area contributed by atoms with Crippen LogP contribution in [0, 0.1) is 14.9 Å². The molecular formula is C15H12INO3S. The van der Waals surface area contributed by atoms with Crippen molar-refractivity contribution in [3.05, 3.63) is 57.7 Å². The molecule has 0 bridgehead atoms. The summed E-state index contributed by atoms with van der Waals surface area (Å²) in [6, 6.07) is 15.2. The van der Waals surface area contributed by atoms with Gasteiger partial charge in [0.25, 0.3) is 0 Å². The van der Waals surface area contributed by atoms with Crippen molar-refractivity contribution in [3.8, 4) is 11.8 Å². The van der Waals surface area contributed by atoms with Gasteiger partial charge in [0.2, 0.25) is 0 Å². The van der Waals surface area contributed by atoms with Gasteiger partial charge < -0.3 is 4.74 Å². The molecule has 6 heteroatoms. The van der Waals surface area contributed by atoms with Gasteiger partial charge in [0.15, 0.2) is 9.84 Å². The molecule has 2 rings (SSSR count). The highest BCUT2D eigenvalue weighted by molar-refractivity contribution is 14.1. The van der Waals surface area contributed by atoms with Crippen LogP contribution in [0.5, 0.6) is 5.75 Å². The Morgan fingerprint density at radius 2 is 1.67 bits per heavy atom. The van der Waals surface area contributed by atoms with Gasteiger partial charge in [-0.1, -0.05) is 0 Å². The lowest BCUT2D eigenvalue weighted by molar-refractivity contribution is 0.341. The lowest BCUT2D eigenvalue weighted by Gasteiger charge is -2.07. The Kier molecular flexibility index (Phi) is 5.20. The van der Waals surface area contributed by atoms with Crippen molar-refractivity contribution in [2.24, 2.45) is 0 Å². The first-order chi connectivity index (χ1) is 10.0. The number of benzene rings is 2. The van der Waals surface area contributed by atoms with Crippen LogP contribution in [-0.4, -0.2) is 20.8 Å². The third kappa shape index (κ3) is 4.44. The molecule has 0 saturated heterocycles. The van der Waals surface area contributed by atoms with E-state index in [0.29, 0.717) is 11.3 Å². The first kappa shape index (κ1) is 15.8. The standard InChI is InChI=1S/C15H12INO3S/c16-13-3-5-14(6-4-13)20-9-10-21(18,19)15-7-1-12(11-17)2-8-15/h1-8H,9-10H2. The van der Waals surface area contributed by atoms with Crippen LogP contribution >= 0.6 is 22.6 Å². The fourth-order valence-electron chi connectivity index (χ4n) is 1.65. The van der Waals surface area contributed by atoms with E-state index in [1.54, 1.807) is 12.1 Å². The summed E-state index contributed by atoms with van der Waals surface area (Å²) < 4.78 is 30.7. The van der Waals surface area contributed by atoms with Gasteiger partial charge in [0.05, 0.1) is 22.3 Å². The lowest BCUT2D eigenvalue weighted by Crippen LogP contribution is -2.14. The maximum atomic E-state index is 12.1. The fraction of sp³-hybridized carbons (Fsp3) is 0.133. The van der Waals surface area contributed by atoms with Crippen molar-refractivity contribution in [3.63, 3.8) is 0 Å². The molecule has 0 N–H and O–H groups in total. The minimum absolute atomic E-state index is 0.0862. The topological polar surface area (TPSA) is 67.2 Å². The maximum Gasteiger partial charge on any atom is 0.181 e. The van der Waals surface area contributed by atoms with Gasteiger partial charge in [-0.25, -0.2) is 8.42 Å². The van der Waals surface area contributed by atoms with E-state index in [1.165, 1.54) is 24.3 Å². The van der Waals surface area contributed by atoms with E-state index in [9.17, 15) is 8.42 Å². The van der Waals surface area contributed by atoms with E-state index in [-0.39, 0.29) is 17.3 Å². The van der Waals surface area contributed by atoms with Crippen LogP contribution in [0.4, 0.5) is 0 Å². The molecule has 2 aromatic carbocycles. The van der Waals surface area contributed by atoms with E-state index < -0.39 is 9.84 Å². The van der Waals surface area contributed by atoms with E-state index >= 15 is 0 Å². The summed E-state index contributed by atoms with van der Waals surface area (Å²) in [5.41, 5.74) is 0.434. The minimum Gasteiger partial charge on any atom is -0.493 e. The summed E-state index contributed by atoms with van der Waals surface area (Å²) in [5, 5.41) is 8.70. The highest BCUT2D eigenvalue weighted by Gasteiger charge is 2.14. The fourth-order valence-corrected chi connectivity index (χ4v) is 3.10. The van der Waals surface area contributed by atoms with Gasteiger partial charge in [-0.05, 0) is 71.1 Å². The third-order valence-corrected chi connectivity index (χ3v) is 5.19. The molecule has 0 saturated carbocycles. The molecular weight excluding hydrogens is 401 g/mol. The zero-order valence-corrected chi connectivity index (χ0v) is 14.0. The van der Waals surface area contributed by atoms with Crippen molar-refractivity contribution in [2.75, 3.05) is 12.4 Å². The second kappa shape index (κ2) is 6.91. The zero-order chi connectivity index (χ0) is 15.3. The second-order valence-electron chi connectivity index (χ2n) is 4.26. The summed E-state index contributed by atoms with van der Waals surface area (Å²) in [5.74, 6) is 0.538. The number of hydrogen-bond acceptors (Lipinski definition) is 4. The number of sulfone groups is 1. The van der Waals surface area contributed by atoms with E-state index in [0.717, 1.165) is 3.57 Å². The number of rotatable bonds is 5. The van der Waals surface area contributed by atoms with Gasteiger partial charge in [-0.3, -0.25) is 0 Å². The lowest BCUT2D eigenvalue weighted by atomic mass is 10.2. The van der Waals surface area contributed by atoms with E-state index in [1.807, 2.05) is 18.2 Å². The Morgan fingerprint density at radius 1 is 1.05 bits per heavy atom. The Bertz CT molecular complexity index is 747. The normalized spacial score (nSPS) is 10.9. The monoisotopic (exact) mass is 413 g/mol. The van der Waals surface area contributed by atoms with Crippen molar-refractivity contribution < 1.29 is 13.2 Å². The average Bonchev–Trinajstić information content (AvgIpc) is 2.49. The Balaban J connectivity index is 1.97. The molecule has 0 unspecified atom stereocenters. The van der Waals surface area contributed by atoms with Crippen molar-refractivity contribution >= 4 is 32.4 Å². The molecule has 0 fully saturated rings. The quantitative estimate of drug-likeness (QED) is 0.707. The van der Waals surface area contributed by atoms with Gasteiger partial charge in [0.1, 0.15) is 12.4 Å². The number of halogens is 1. The van der Waals surface area contributed by atoms with Crippen LogP contribution in [0.15, 0.2) is 53.4 Å². The molecule has 0 heterocycles. The molecule has 0 atom stereocenters. The van der Waals surface area contributed by atoms with Crippen molar-refractivity contribution in [1.29, 1.82) is 5.26 Å². The Hall–Kier alpha value is -1.59. The summed E-state index contributed by atoms with van der Waals surface area (Å²) in [6.07, 6.45) is 0. The van der Waals surface area contributed by atoms with Crippen LogP contribution in [0.1, 0.15) is 5.56 Å². The molecule has 0 aliphatic heterocycles. The molecule has 2 aromatic rings. The van der Waals surface area contributed by atoms with Crippen LogP contribution in [0.25, 0.3) is 0 Å². The van der Waals surface area contributed by atoms with Gasteiger partial charge in [0, 0.05) is 3.57 Å².